The van der Waals surface area contributed by atoms with Crippen molar-refractivity contribution in [1.29, 1.82) is 0 Å². The fourth-order valence-corrected chi connectivity index (χ4v) is 3.63. The third kappa shape index (κ3) is 4.31. The van der Waals surface area contributed by atoms with E-state index in [2.05, 4.69) is 47.8 Å². The lowest BCUT2D eigenvalue weighted by Crippen LogP contribution is -2.44. The summed E-state index contributed by atoms with van der Waals surface area (Å²) in [7, 11) is 0. The molecular weight excluding hydrogens is 264 g/mol. The van der Waals surface area contributed by atoms with E-state index in [1.165, 1.54) is 37.8 Å². The van der Waals surface area contributed by atoms with Gasteiger partial charge in [-0.1, -0.05) is 20.8 Å². The number of thiophene rings is 1. The van der Waals surface area contributed by atoms with Gasteiger partial charge < -0.3 is 5.32 Å². The fourth-order valence-electron chi connectivity index (χ4n) is 2.97. The van der Waals surface area contributed by atoms with Crippen LogP contribution in [0.3, 0.4) is 0 Å². The lowest BCUT2D eigenvalue weighted by Gasteiger charge is -2.38. The van der Waals surface area contributed by atoms with Crippen LogP contribution in [-0.4, -0.2) is 30.6 Å². The predicted molar refractivity (Wildman–Crippen MR) is 89.3 cm³/mol. The van der Waals surface area contributed by atoms with Gasteiger partial charge in [-0.2, -0.15) is 11.3 Å². The highest BCUT2D eigenvalue weighted by molar-refractivity contribution is 7.07. The summed E-state index contributed by atoms with van der Waals surface area (Å²) in [6.45, 7) is 11.5. The second-order valence-corrected chi connectivity index (χ2v) is 7.04. The Bertz CT molecular complexity index is 366. The molecule has 2 rings (SSSR count). The van der Waals surface area contributed by atoms with Crippen molar-refractivity contribution in [3.05, 3.63) is 22.4 Å². The summed E-state index contributed by atoms with van der Waals surface area (Å²) in [5, 5.41) is 8.10. The number of nitrogens with zero attached hydrogens (tertiary/aromatic N) is 1. The van der Waals surface area contributed by atoms with Crippen LogP contribution < -0.4 is 5.32 Å². The van der Waals surface area contributed by atoms with Gasteiger partial charge in [0.2, 0.25) is 0 Å². The van der Waals surface area contributed by atoms with E-state index in [9.17, 15) is 0 Å². The minimum Gasteiger partial charge on any atom is -0.316 e. The van der Waals surface area contributed by atoms with E-state index in [4.69, 9.17) is 0 Å². The van der Waals surface area contributed by atoms with E-state index in [0.717, 1.165) is 25.7 Å². The van der Waals surface area contributed by atoms with E-state index >= 15 is 0 Å². The highest BCUT2D eigenvalue weighted by Crippen LogP contribution is 2.34. The summed E-state index contributed by atoms with van der Waals surface area (Å²) in [5.41, 5.74) is 1.93. The molecule has 1 aromatic rings. The second kappa shape index (κ2) is 7.58. The van der Waals surface area contributed by atoms with Gasteiger partial charge in [-0.25, -0.2) is 0 Å². The van der Waals surface area contributed by atoms with E-state index in [0.29, 0.717) is 5.41 Å². The van der Waals surface area contributed by atoms with E-state index in [-0.39, 0.29) is 0 Å². The van der Waals surface area contributed by atoms with Crippen LogP contribution in [0.4, 0.5) is 0 Å². The van der Waals surface area contributed by atoms with Crippen molar-refractivity contribution in [3.63, 3.8) is 0 Å². The van der Waals surface area contributed by atoms with E-state index < -0.39 is 0 Å². The van der Waals surface area contributed by atoms with Gasteiger partial charge in [0.1, 0.15) is 0 Å². The molecule has 0 spiro atoms. The molecule has 0 amide bonds. The van der Waals surface area contributed by atoms with Gasteiger partial charge >= 0.3 is 0 Å². The summed E-state index contributed by atoms with van der Waals surface area (Å²) in [6, 6.07) is 3.12. The maximum Gasteiger partial charge on any atom is 0.0245 e. The Labute approximate surface area is 128 Å². The zero-order valence-electron chi connectivity index (χ0n) is 13.3. The lowest BCUT2D eigenvalue weighted by molar-refractivity contribution is 0.123. The Morgan fingerprint density at radius 3 is 2.55 bits per heavy atom. The molecule has 1 aliphatic rings. The second-order valence-electron chi connectivity index (χ2n) is 6.26. The molecule has 1 heterocycles. The van der Waals surface area contributed by atoms with Gasteiger partial charge in [0.15, 0.2) is 0 Å². The zero-order valence-corrected chi connectivity index (χ0v) is 14.1. The van der Waals surface area contributed by atoms with Crippen LogP contribution in [0.2, 0.25) is 0 Å². The van der Waals surface area contributed by atoms with Crippen molar-refractivity contribution >= 4 is 11.3 Å². The molecule has 1 aliphatic carbocycles. The molecule has 1 fully saturated rings. The van der Waals surface area contributed by atoms with Gasteiger partial charge in [0.25, 0.3) is 0 Å². The average molecular weight is 295 g/mol. The van der Waals surface area contributed by atoms with Crippen LogP contribution in [0.25, 0.3) is 0 Å². The van der Waals surface area contributed by atoms with Crippen LogP contribution >= 0.6 is 11.3 Å². The van der Waals surface area contributed by atoms with Crippen molar-refractivity contribution in [2.45, 2.75) is 59.0 Å². The molecule has 0 aliphatic heterocycles. The third-order valence-electron chi connectivity index (χ3n) is 4.82. The van der Waals surface area contributed by atoms with Crippen LogP contribution in [0.1, 0.15) is 52.0 Å². The number of rotatable bonds is 10. The molecule has 1 aromatic heterocycles. The molecule has 0 saturated heterocycles. The maximum atomic E-state index is 3.59. The average Bonchev–Trinajstić information content (AvgIpc) is 3.21. The van der Waals surface area contributed by atoms with Gasteiger partial charge in [-0.05, 0) is 60.0 Å². The Morgan fingerprint density at radius 1 is 1.30 bits per heavy atom. The van der Waals surface area contributed by atoms with Crippen LogP contribution in [-0.2, 0) is 6.54 Å². The predicted octanol–water partition coefficient (Wildman–Crippen LogP) is 4.13. The molecule has 0 atom stereocenters. The highest BCUT2D eigenvalue weighted by atomic mass is 32.1. The topological polar surface area (TPSA) is 15.3 Å². The standard InChI is InChI=1S/C17H30N2S/c1-4-17(5-2,13-18-6-3)14-19(16-7-8-16)11-15-9-10-20-12-15/h9-10,12,16,18H,4-8,11,13-14H2,1-3H3. The van der Waals surface area contributed by atoms with Crippen molar-refractivity contribution in [2.24, 2.45) is 5.41 Å². The smallest absolute Gasteiger partial charge is 0.0245 e. The van der Waals surface area contributed by atoms with Crippen molar-refractivity contribution in [1.82, 2.24) is 10.2 Å². The number of hydrogen-bond donors (Lipinski definition) is 1. The van der Waals surface area contributed by atoms with Gasteiger partial charge in [-0.3, -0.25) is 4.90 Å². The molecule has 0 radical (unpaired) electrons. The number of hydrogen-bond acceptors (Lipinski definition) is 3. The van der Waals surface area contributed by atoms with Gasteiger partial charge in [0, 0.05) is 25.7 Å². The molecule has 1 N–H and O–H groups in total. The lowest BCUT2D eigenvalue weighted by atomic mass is 9.81. The molecule has 0 bridgehead atoms. The van der Waals surface area contributed by atoms with E-state index in [1.54, 1.807) is 0 Å². The SMILES string of the molecule is CCNCC(CC)(CC)CN(Cc1ccsc1)C1CC1. The monoisotopic (exact) mass is 294 g/mol. The summed E-state index contributed by atoms with van der Waals surface area (Å²) in [4.78, 5) is 2.74. The van der Waals surface area contributed by atoms with Crippen LogP contribution in [0, 0.1) is 5.41 Å². The normalized spacial score (nSPS) is 16.0. The molecule has 0 unspecified atom stereocenters. The molecule has 114 valence electrons. The molecule has 20 heavy (non-hydrogen) atoms. The third-order valence-corrected chi connectivity index (χ3v) is 5.55. The Kier molecular flexibility index (Phi) is 6.06. The summed E-state index contributed by atoms with van der Waals surface area (Å²) < 4.78 is 0. The van der Waals surface area contributed by atoms with E-state index in [1.807, 2.05) is 11.3 Å². The largest absolute Gasteiger partial charge is 0.316 e. The van der Waals surface area contributed by atoms with Crippen molar-refractivity contribution in [2.75, 3.05) is 19.6 Å². The van der Waals surface area contributed by atoms with Crippen molar-refractivity contribution in [3.8, 4) is 0 Å². The minimum atomic E-state index is 0.439. The first-order valence-electron chi connectivity index (χ1n) is 8.19. The van der Waals surface area contributed by atoms with Crippen molar-refractivity contribution < 1.29 is 0 Å². The van der Waals surface area contributed by atoms with Gasteiger partial charge in [0.05, 0.1) is 0 Å². The molecule has 1 saturated carbocycles. The Balaban J connectivity index is 2.00. The Morgan fingerprint density at radius 2 is 2.05 bits per heavy atom. The first-order chi connectivity index (χ1) is 9.73. The zero-order chi connectivity index (χ0) is 14.4. The first-order valence-corrected chi connectivity index (χ1v) is 9.13. The van der Waals surface area contributed by atoms with Crippen LogP contribution in [0.5, 0.6) is 0 Å². The highest BCUT2D eigenvalue weighted by Gasteiger charge is 2.35. The molecular formula is C17H30N2S. The first kappa shape index (κ1) is 16.0. The quantitative estimate of drug-likeness (QED) is 0.698. The minimum absolute atomic E-state index is 0.439. The molecule has 0 aromatic carbocycles. The maximum absolute atomic E-state index is 3.59. The molecule has 2 nitrogen and oxygen atoms in total. The summed E-state index contributed by atoms with van der Waals surface area (Å²) in [6.07, 6.45) is 5.33. The molecule has 3 heteroatoms. The fraction of sp³-hybridized carbons (Fsp3) is 0.765. The summed E-state index contributed by atoms with van der Waals surface area (Å²) in [5.74, 6) is 0. The number of nitrogens with one attached hydrogen (secondary N) is 1. The summed E-state index contributed by atoms with van der Waals surface area (Å²) >= 11 is 1.82. The Hall–Kier alpha value is -0.380. The van der Waals surface area contributed by atoms with Gasteiger partial charge in [-0.15, -0.1) is 0 Å². The van der Waals surface area contributed by atoms with Crippen LogP contribution in [0.15, 0.2) is 16.8 Å².